The van der Waals surface area contributed by atoms with Crippen LogP contribution in [0.4, 0.5) is 0 Å². The average Bonchev–Trinajstić information content (AvgIpc) is 2.81. The van der Waals surface area contributed by atoms with Gasteiger partial charge in [0.05, 0.1) is 5.69 Å². The van der Waals surface area contributed by atoms with Gasteiger partial charge < -0.3 is 5.32 Å². The van der Waals surface area contributed by atoms with Gasteiger partial charge in [0.2, 0.25) is 0 Å². The second kappa shape index (κ2) is 6.02. The molecule has 0 aliphatic carbocycles. The molecule has 0 fully saturated rings. The molecule has 0 aliphatic heterocycles. The first-order valence-corrected chi connectivity index (χ1v) is 7.83. The molecule has 108 valence electrons. The maximum atomic E-state index is 4.87. The van der Waals surface area contributed by atoms with E-state index < -0.39 is 0 Å². The van der Waals surface area contributed by atoms with Crippen molar-refractivity contribution in [3.8, 4) is 10.6 Å². The normalized spacial score (nSPS) is 12.1. The Hall–Kier alpha value is -1.26. The third kappa shape index (κ3) is 3.64. The SMILES string of the molecule is CC(C)NCc1sc(-c2cccnc2)nc1C(C)(C)C. The molecular formula is C16H23N3S. The summed E-state index contributed by atoms with van der Waals surface area (Å²) in [7, 11) is 0. The van der Waals surface area contributed by atoms with Crippen molar-refractivity contribution in [2.75, 3.05) is 0 Å². The smallest absolute Gasteiger partial charge is 0.125 e. The van der Waals surface area contributed by atoms with Gasteiger partial charge >= 0.3 is 0 Å². The maximum Gasteiger partial charge on any atom is 0.125 e. The summed E-state index contributed by atoms with van der Waals surface area (Å²) < 4.78 is 0. The van der Waals surface area contributed by atoms with Crippen LogP contribution in [0, 0.1) is 0 Å². The number of nitrogens with zero attached hydrogens (tertiary/aromatic N) is 2. The highest BCUT2D eigenvalue weighted by molar-refractivity contribution is 7.15. The summed E-state index contributed by atoms with van der Waals surface area (Å²) in [5.41, 5.74) is 2.35. The first kappa shape index (κ1) is 15.1. The summed E-state index contributed by atoms with van der Waals surface area (Å²) >= 11 is 1.77. The van der Waals surface area contributed by atoms with E-state index in [0.717, 1.165) is 17.1 Å². The van der Waals surface area contributed by atoms with E-state index in [0.29, 0.717) is 6.04 Å². The molecule has 0 spiro atoms. The molecule has 0 atom stereocenters. The zero-order valence-corrected chi connectivity index (χ0v) is 13.7. The van der Waals surface area contributed by atoms with Gasteiger partial charge in [0.25, 0.3) is 0 Å². The van der Waals surface area contributed by atoms with Crippen molar-refractivity contribution in [1.82, 2.24) is 15.3 Å². The molecular weight excluding hydrogens is 266 g/mol. The van der Waals surface area contributed by atoms with Crippen molar-refractivity contribution >= 4 is 11.3 Å². The van der Waals surface area contributed by atoms with E-state index in [1.807, 2.05) is 12.3 Å². The fourth-order valence-corrected chi connectivity index (χ4v) is 3.18. The molecule has 2 aromatic heterocycles. The molecule has 1 N–H and O–H groups in total. The Balaban J connectivity index is 2.37. The van der Waals surface area contributed by atoms with Crippen LogP contribution in [-0.4, -0.2) is 16.0 Å². The fourth-order valence-electron chi connectivity index (χ4n) is 1.97. The van der Waals surface area contributed by atoms with Crippen molar-refractivity contribution in [1.29, 1.82) is 0 Å². The largest absolute Gasteiger partial charge is 0.310 e. The van der Waals surface area contributed by atoms with Crippen LogP contribution in [-0.2, 0) is 12.0 Å². The molecule has 0 bridgehead atoms. The van der Waals surface area contributed by atoms with Gasteiger partial charge in [-0.3, -0.25) is 4.98 Å². The summed E-state index contributed by atoms with van der Waals surface area (Å²) in [6.45, 7) is 11.9. The van der Waals surface area contributed by atoms with Gasteiger partial charge in [-0.25, -0.2) is 4.98 Å². The van der Waals surface area contributed by atoms with Gasteiger partial charge in [0.15, 0.2) is 0 Å². The highest BCUT2D eigenvalue weighted by atomic mass is 32.1. The van der Waals surface area contributed by atoms with Crippen molar-refractivity contribution in [2.24, 2.45) is 0 Å². The highest BCUT2D eigenvalue weighted by Crippen LogP contribution is 2.34. The number of rotatable bonds is 4. The molecule has 2 aromatic rings. The van der Waals surface area contributed by atoms with E-state index in [1.54, 1.807) is 17.5 Å². The number of aromatic nitrogens is 2. The van der Waals surface area contributed by atoms with Crippen LogP contribution in [0.5, 0.6) is 0 Å². The highest BCUT2D eigenvalue weighted by Gasteiger charge is 2.23. The number of hydrogen-bond donors (Lipinski definition) is 1. The Bertz CT molecular complexity index is 553. The van der Waals surface area contributed by atoms with Crippen molar-refractivity contribution in [3.05, 3.63) is 35.1 Å². The number of pyridine rings is 1. The third-order valence-corrected chi connectivity index (χ3v) is 4.09. The summed E-state index contributed by atoms with van der Waals surface area (Å²) in [6.07, 6.45) is 3.67. The molecule has 0 aromatic carbocycles. The van der Waals surface area contributed by atoms with Gasteiger partial charge in [0.1, 0.15) is 5.01 Å². The van der Waals surface area contributed by atoms with Crippen LogP contribution in [0.25, 0.3) is 10.6 Å². The van der Waals surface area contributed by atoms with E-state index >= 15 is 0 Å². The molecule has 0 aliphatic rings. The lowest BCUT2D eigenvalue weighted by molar-refractivity contribution is 0.546. The van der Waals surface area contributed by atoms with Gasteiger partial charge in [-0.1, -0.05) is 34.6 Å². The minimum atomic E-state index is 0.0605. The van der Waals surface area contributed by atoms with Gasteiger partial charge in [-0.05, 0) is 12.1 Å². The standard InChI is InChI=1S/C16H23N3S/c1-11(2)18-10-13-14(16(3,4)5)19-15(20-13)12-7-6-8-17-9-12/h6-9,11,18H,10H2,1-5H3. The van der Waals surface area contributed by atoms with Crippen molar-refractivity contribution < 1.29 is 0 Å². The minimum absolute atomic E-state index is 0.0605. The number of nitrogens with one attached hydrogen (secondary N) is 1. The first-order valence-electron chi connectivity index (χ1n) is 7.02. The zero-order valence-electron chi connectivity index (χ0n) is 12.9. The van der Waals surface area contributed by atoms with Crippen LogP contribution in [0.2, 0.25) is 0 Å². The van der Waals surface area contributed by atoms with Crippen LogP contribution < -0.4 is 5.32 Å². The van der Waals surface area contributed by atoms with Gasteiger partial charge in [-0.2, -0.15) is 0 Å². The summed E-state index contributed by atoms with van der Waals surface area (Å²) in [5, 5.41) is 4.55. The maximum absolute atomic E-state index is 4.87. The molecule has 20 heavy (non-hydrogen) atoms. The lowest BCUT2D eigenvalue weighted by atomic mass is 9.91. The monoisotopic (exact) mass is 289 g/mol. The topological polar surface area (TPSA) is 37.8 Å². The molecule has 0 saturated heterocycles. The summed E-state index contributed by atoms with van der Waals surface area (Å²) in [6, 6.07) is 4.50. The first-order chi connectivity index (χ1) is 9.38. The predicted molar refractivity (Wildman–Crippen MR) is 86.0 cm³/mol. The predicted octanol–water partition coefficient (Wildman–Crippen LogP) is 4.00. The lowest BCUT2D eigenvalue weighted by Gasteiger charge is -2.18. The third-order valence-electron chi connectivity index (χ3n) is 2.99. The summed E-state index contributed by atoms with van der Waals surface area (Å²) in [4.78, 5) is 10.4. The minimum Gasteiger partial charge on any atom is -0.310 e. The lowest BCUT2D eigenvalue weighted by Crippen LogP contribution is -2.23. The van der Waals surface area contributed by atoms with Crippen LogP contribution in [0.1, 0.15) is 45.2 Å². The molecule has 0 amide bonds. The van der Waals surface area contributed by atoms with E-state index in [-0.39, 0.29) is 5.41 Å². The molecule has 4 heteroatoms. The Kier molecular flexibility index (Phi) is 4.55. The second-order valence-electron chi connectivity index (χ2n) is 6.32. The van der Waals surface area contributed by atoms with Gasteiger partial charge in [0, 0.05) is 40.8 Å². The fraction of sp³-hybridized carbons (Fsp3) is 0.500. The molecule has 0 radical (unpaired) electrons. The Labute approximate surface area is 125 Å². The van der Waals surface area contributed by atoms with E-state index in [2.05, 4.69) is 51.0 Å². The molecule has 3 nitrogen and oxygen atoms in total. The van der Waals surface area contributed by atoms with Crippen molar-refractivity contribution in [2.45, 2.75) is 52.6 Å². The molecule has 0 unspecified atom stereocenters. The Morgan fingerprint density at radius 3 is 2.60 bits per heavy atom. The zero-order chi connectivity index (χ0) is 14.8. The molecule has 2 heterocycles. The van der Waals surface area contributed by atoms with E-state index in [4.69, 9.17) is 4.98 Å². The number of hydrogen-bond acceptors (Lipinski definition) is 4. The molecule has 2 rings (SSSR count). The van der Waals surface area contributed by atoms with Crippen LogP contribution >= 0.6 is 11.3 Å². The van der Waals surface area contributed by atoms with Crippen LogP contribution in [0.3, 0.4) is 0 Å². The summed E-state index contributed by atoms with van der Waals surface area (Å²) in [5.74, 6) is 0. The molecule has 0 saturated carbocycles. The second-order valence-corrected chi connectivity index (χ2v) is 7.40. The van der Waals surface area contributed by atoms with Crippen LogP contribution in [0.15, 0.2) is 24.5 Å². The van der Waals surface area contributed by atoms with E-state index in [1.165, 1.54) is 10.6 Å². The van der Waals surface area contributed by atoms with E-state index in [9.17, 15) is 0 Å². The Morgan fingerprint density at radius 2 is 2.05 bits per heavy atom. The van der Waals surface area contributed by atoms with Crippen molar-refractivity contribution in [3.63, 3.8) is 0 Å². The Morgan fingerprint density at radius 1 is 1.30 bits per heavy atom. The van der Waals surface area contributed by atoms with Gasteiger partial charge in [-0.15, -0.1) is 11.3 Å². The average molecular weight is 289 g/mol. The quantitative estimate of drug-likeness (QED) is 0.924. The number of thiazole rings is 1.